The Balaban J connectivity index is 1.78. The SMILES string of the molecule is CN1C(=O)C2(c3ccccc31)C(C#N)(C#N)CC([N+](=O)[O-])C21C(=O)N(Cc2ccccc2)c2ccc(Cl)cc21. The lowest BCUT2D eigenvalue weighted by Gasteiger charge is -2.42. The molecule has 3 aromatic carbocycles. The zero-order valence-corrected chi connectivity index (χ0v) is 21.4. The van der Waals surface area contributed by atoms with Gasteiger partial charge in [-0.05, 0) is 35.4 Å². The van der Waals surface area contributed by atoms with Gasteiger partial charge in [0.15, 0.2) is 10.8 Å². The molecule has 2 amide bonds. The summed E-state index contributed by atoms with van der Waals surface area (Å²) >= 11 is 6.44. The molecule has 6 rings (SSSR count). The van der Waals surface area contributed by atoms with Crippen molar-refractivity contribution in [1.82, 2.24) is 0 Å². The Kier molecular flexibility index (Phi) is 5.13. The number of para-hydroxylation sites is 1. The number of nitro groups is 1. The van der Waals surface area contributed by atoms with Crippen molar-refractivity contribution < 1.29 is 14.5 Å². The highest BCUT2D eigenvalue weighted by Crippen LogP contribution is 2.72. The first-order chi connectivity index (χ1) is 18.7. The largest absolute Gasteiger partial charge is 0.314 e. The van der Waals surface area contributed by atoms with E-state index in [0.717, 1.165) is 5.56 Å². The summed E-state index contributed by atoms with van der Waals surface area (Å²) in [5, 5.41) is 34.3. The van der Waals surface area contributed by atoms with Gasteiger partial charge in [-0.1, -0.05) is 60.1 Å². The number of likely N-dealkylation sites (N-methyl/N-ethyl adjacent to an activating group) is 1. The fraction of sp³-hybridized carbons (Fsp3) is 0.241. The standard InChI is InChI=1S/C29H20ClN5O4/c1-33-22-10-6-5-9-20(22)29(26(33)37)27(16-31,17-32)14-24(35(38)39)28(29)21-13-19(30)11-12-23(21)34(25(28)36)15-18-7-3-2-4-8-18/h2-13,24H,14-15H2,1H3. The van der Waals surface area contributed by atoms with Crippen LogP contribution in [0.25, 0.3) is 0 Å². The molecule has 1 saturated carbocycles. The van der Waals surface area contributed by atoms with Crippen LogP contribution in [0.2, 0.25) is 5.02 Å². The normalized spacial score (nSPS) is 26.0. The fourth-order valence-electron chi connectivity index (χ4n) is 7.16. The minimum absolute atomic E-state index is 0.0638. The molecule has 3 aliphatic rings. The van der Waals surface area contributed by atoms with E-state index in [1.54, 1.807) is 36.4 Å². The monoisotopic (exact) mass is 537 g/mol. The van der Waals surface area contributed by atoms with Gasteiger partial charge in [0.2, 0.25) is 17.9 Å². The maximum atomic E-state index is 14.9. The third-order valence-corrected chi connectivity index (χ3v) is 8.84. The van der Waals surface area contributed by atoms with E-state index >= 15 is 0 Å². The first-order valence-corrected chi connectivity index (χ1v) is 12.6. The Labute approximate surface area is 228 Å². The third-order valence-electron chi connectivity index (χ3n) is 8.60. The number of nitrogens with zero attached hydrogens (tertiary/aromatic N) is 5. The van der Waals surface area contributed by atoms with Gasteiger partial charge in [-0.2, -0.15) is 10.5 Å². The summed E-state index contributed by atoms with van der Waals surface area (Å²) in [5.74, 6) is -1.42. The Hall–Kier alpha value is -4.73. The fourth-order valence-corrected chi connectivity index (χ4v) is 7.33. The average molecular weight is 538 g/mol. The first kappa shape index (κ1) is 24.6. The molecule has 2 spiro atoms. The van der Waals surface area contributed by atoms with Gasteiger partial charge in [-0.15, -0.1) is 0 Å². The number of nitriles is 2. The van der Waals surface area contributed by atoms with Gasteiger partial charge < -0.3 is 9.80 Å². The lowest BCUT2D eigenvalue weighted by Crippen LogP contribution is -2.65. The number of carbonyl (C=O) groups is 2. The number of fused-ring (bicyclic) bond motifs is 5. The predicted molar refractivity (Wildman–Crippen MR) is 141 cm³/mol. The molecule has 2 heterocycles. The molecule has 0 radical (unpaired) electrons. The lowest BCUT2D eigenvalue weighted by atomic mass is 9.51. The van der Waals surface area contributed by atoms with Gasteiger partial charge in [0, 0.05) is 33.9 Å². The number of amides is 2. The summed E-state index contributed by atoms with van der Waals surface area (Å²) in [6, 6.07) is 22.6. The highest BCUT2D eigenvalue weighted by Gasteiger charge is 2.88. The first-order valence-electron chi connectivity index (χ1n) is 12.2. The summed E-state index contributed by atoms with van der Waals surface area (Å²) < 4.78 is 0. The van der Waals surface area contributed by atoms with E-state index in [9.17, 15) is 30.2 Å². The van der Waals surface area contributed by atoms with Crippen molar-refractivity contribution in [2.24, 2.45) is 5.41 Å². The Morgan fingerprint density at radius 2 is 1.64 bits per heavy atom. The van der Waals surface area contributed by atoms with E-state index in [1.807, 2.05) is 42.5 Å². The second-order valence-electron chi connectivity index (χ2n) is 10.1. The van der Waals surface area contributed by atoms with Gasteiger partial charge in [0.1, 0.15) is 5.41 Å². The van der Waals surface area contributed by atoms with E-state index < -0.39 is 45.4 Å². The summed E-state index contributed by atoms with van der Waals surface area (Å²) in [7, 11) is 1.49. The van der Waals surface area contributed by atoms with Crippen LogP contribution in [0.5, 0.6) is 0 Å². The average Bonchev–Trinajstić information content (AvgIpc) is 3.46. The quantitative estimate of drug-likeness (QED) is 0.365. The summed E-state index contributed by atoms with van der Waals surface area (Å²) in [4.78, 5) is 44.5. The van der Waals surface area contributed by atoms with Crippen molar-refractivity contribution in [3.8, 4) is 12.1 Å². The molecule has 0 bridgehead atoms. The van der Waals surface area contributed by atoms with Crippen LogP contribution in [-0.2, 0) is 27.0 Å². The second kappa shape index (κ2) is 8.13. The van der Waals surface area contributed by atoms with Crippen molar-refractivity contribution in [1.29, 1.82) is 10.5 Å². The zero-order chi connectivity index (χ0) is 27.7. The molecule has 0 N–H and O–H groups in total. The minimum Gasteiger partial charge on any atom is -0.314 e. The van der Waals surface area contributed by atoms with Gasteiger partial charge >= 0.3 is 0 Å². The molecule has 3 atom stereocenters. The number of anilines is 2. The van der Waals surface area contributed by atoms with Gasteiger partial charge in [0.05, 0.1) is 25.1 Å². The maximum absolute atomic E-state index is 14.9. The summed E-state index contributed by atoms with van der Waals surface area (Å²) in [6.07, 6.45) is -0.613. The number of benzene rings is 3. The highest BCUT2D eigenvalue weighted by atomic mass is 35.5. The molecule has 9 nitrogen and oxygen atoms in total. The predicted octanol–water partition coefficient (Wildman–Crippen LogP) is 4.12. The smallest absolute Gasteiger partial charge is 0.246 e. The number of hydrogen-bond acceptors (Lipinski definition) is 6. The van der Waals surface area contributed by atoms with Crippen molar-refractivity contribution in [2.75, 3.05) is 16.8 Å². The molecule has 10 heteroatoms. The molecular formula is C29H20ClN5O4. The Bertz CT molecular complexity index is 1660. The molecule has 39 heavy (non-hydrogen) atoms. The number of rotatable bonds is 3. The van der Waals surface area contributed by atoms with Crippen LogP contribution >= 0.6 is 11.6 Å². The molecule has 1 aliphatic carbocycles. The number of halogens is 1. The highest BCUT2D eigenvalue weighted by molar-refractivity contribution is 6.31. The van der Waals surface area contributed by atoms with Crippen molar-refractivity contribution in [3.63, 3.8) is 0 Å². The second-order valence-corrected chi connectivity index (χ2v) is 10.5. The van der Waals surface area contributed by atoms with E-state index in [4.69, 9.17) is 11.6 Å². The number of carbonyl (C=O) groups excluding carboxylic acids is 2. The van der Waals surface area contributed by atoms with Crippen molar-refractivity contribution >= 4 is 34.8 Å². The molecule has 1 fully saturated rings. The van der Waals surface area contributed by atoms with E-state index in [1.165, 1.54) is 22.9 Å². The van der Waals surface area contributed by atoms with Crippen LogP contribution in [0.3, 0.4) is 0 Å². The van der Waals surface area contributed by atoms with Crippen molar-refractivity contribution in [2.45, 2.75) is 29.8 Å². The molecule has 0 saturated heterocycles. The van der Waals surface area contributed by atoms with E-state index in [-0.39, 0.29) is 22.7 Å². The summed E-state index contributed by atoms with van der Waals surface area (Å²) in [6.45, 7) is 0.0638. The van der Waals surface area contributed by atoms with Gasteiger partial charge in [-0.25, -0.2) is 0 Å². The molecule has 3 unspecified atom stereocenters. The summed E-state index contributed by atoms with van der Waals surface area (Å²) in [5.41, 5.74) is -4.72. The van der Waals surface area contributed by atoms with E-state index in [2.05, 4.69) is 0 Å². The Morgan fingerprint density at radius 1 is 0.974 bits per heavy atom. The van der Waals surface area contributed by atoms with Gasteiger partial charge in [0.25, 0.3) is 0 Å². The van der Waals surface area contributed by atoms with E-state index in [0.29, 0.717) is 11.4 Å². The van der Waals surface area contributed by atoms with Crippen LogP contribution in [0.1, 0.15) is 23.1 Å². The van der Waals surface area contributed by atoms with Gasteiger partial charge in [-0.3, -0.25) is 19.7 Å². The Morgan fingerprint density at radius 3 is 2.31 bits per heavy atom. The molecule has 3 aromatic rings. The minimum atomic E-state index is -2.22. The van der Waals surface area contributed by atoms with Crippen LogP contribution < -0.4 is 9.80 Å². The molecule has 2 aliphatic heterocycles. The third kappa shape index (κ3) is 2.68. The van der Waals surface area contributed by atoms with Crippen LogP contribution in [0.4, 0.5) is 11.4 Å². The number of hydrogen-bond donors (Lipinski definition) is 0. The van der Waals surface area contributed by atoms with Crippen molar-refractivity contribution in [3.05, 3.63) is 105 Å². The van der Waals surface area contributed by atoms with Crippen LogP contribution in [0.15, 0.2) is 72.8 Å². The van der Waals surface area contributed by atoms with Crippen LogP contribution in [0, 0.1) is 38.2 Å². The van der Waals surface area contributed by atoms with Crippen LogP contribution in [-0.4, -0.2) is 29.8 Å². The maximum Gasteiger partial charge on any atom is 0.246 e. The molecule has 0 aromatic heterocycles. The molecular weight excluding hydrogens is 518 g/mol. The lowest BCUT2D eigenvalue weighted by molar-refractivity contribution is -0.529. The molecule has 192 valence electrons. The topological polar surface area (TPSA) is 131 Å². The zero-order valence-electron chi connectivity index (χ0n) is 20.7.